The van der Waals surface area contributed by atoms with Crippen LogP contribution >= 0.6 is 0 Å². The molecule has 1 unspecified atom stereocenters. The molecule has 1 atom stereocenters. The Labute approximate surface area is 83.8 Å². The smallest absolute Gasteiger partial charge is 0.321 e. The summed E-state index contributed by atoms with van der Waals surface area (Å²) in [5, 5.41) is 11.6. The zero-order valence-electron chi connectivity index (χ0n) is 8.45. The lowest BCUT2D eigenvalue weighted by atomic mass is 10.0. The van der Waals surface area contributed by atoms with Crippen molar-refractivity contribution in [3.8, 4) is 0 Å². The maximum Gasteiger partial charge on any atom is 0.321 e. The van der Waals surface area contributed by atoms with Crippen molar-refractivity contribution in [1.29, 1.82) is 0 Å². The van der Waals surface area contributed by atoms with Crippen molar-refractivity contribution in [2.75, 3.05) is 7.05 Å². The third kappa shape index (κ3) is 2.85. The molecule has 0 radical (unpaired) electrons. The Kier molecular flexibility index (Phi) is 3.65. The summed E-state index contributed by atoms with van der Waals surface area (Å²) in [5.41, 5.74) is 2.20. The lowest BCUT2D eigenvalue weighted by molar-refractivity contribution is -0.139. The van der Waals surface area contributed by atoms with Gasteiger partial charge in [-0.15, -0.1) is 0 Å². The van der Waals surface area contributed by atoms with Crippen molar-refractivity contribution in [2.24, 2.45) is 0 Å². The van der Waals surface area contributed by atoms with E-state index in [0.29, 0.717) is 6.42 Å². The third-order valence-corrected chi connectivity index (χ3v) is 2.17. The first kappa shape index (κ1) is 10.7. The summed E-state index contributed by atoms with van der Waals surface area (Å²) in [6.45, 7) is 2.00. The molecule has 2 N–H and O–H groups in total. The Morgan fingerprint density at radius 3 is 2.79 bits per heavy atom. The fraction of sp³-hybridized carbons (Fsp3) is 0.364. The summed E-state index contributed by atoms with van der Waals surface area (Å²) in [6, 6.07) is 7.39. The monoisotopic (exact) mass is 193 g/mol. The summed E-state index contributed by atoms with van der Waals surface area (Å²) in [4.78, 5) is 10.8. The first-order valence-corrected chi connectivity index (χ1v) is 4.59. The minimum absolute atomic E-state index is 0.503. The molecule has 0 aliphatic carbocycles. The van der Waals surface area contributed by atoms with Crippen LogP contribution in [0, 0.1) is 6.92 Å². The number of benzene rings is 1. The Bertz CT molecular complexity index is 323. The minimum Gasteiger partial charge on any atom is -0.480 e. The summed E-state index contributed by atoms with van der Waals surface area (Å²) >= 11 is 0. The van der Waals surface area contributed by atoms with Gasteiger partial charge in [0.25, 0.3) is 0 Å². The van der Waals surface area contributed by atoms with Crippen LogP contribution in [0.4, 0.5) is 0 Å². The molecule has 0 saturated carbocycles. The average molecular weight is 193 g/mol. The highest BCUT2D eigenvalue weighted by molar-refractivity contribution is 5.73. The average Bonchev–Trinajstić information content (AvgIpc) is 2.14. The molecule has 3 heteroatoms. The van der Waals surface area contributed by atoms with Crippen molar-refractivity contribution in [3.05, 3.63) is 35.4 Å². The minimum atomic E-state index is -0.811. The summed E-state index contributed by atoms with van der Waals surface area (Å²) in [7, 11) is 1.66. The van der Waals surface area contributed by atoms with Gasteiger partial charge in [-0.3, -0.25) is 4.79 Å². The van der Waals surface area contributed by atoms with Crippen LogP contribution in [0.5, 0.6) is 0 Å². The predicted octanol–water partition coefficient (Wildman–Crippen LogP) is 1.21. The van der Waals surface area contributed by atoms with E-state index in [1.807, 2.05) is 31.2 Å². The number of aryl methyl sites for hydroxylation is 1. The second kappa shape index (κ2) is 4.77. The fourth-order valence-electron chi connectivity index (χ4n) is 1.39. The maximum atomic E-state index is 10.8. The standard InChI is InChI=1S/C11H15NO2/c1-8-4-3-5-9(6-8)7-10(12-2)11(13)14/h3-6,10,12H,7H2,1-2H3,(H,13,14). The second-order valence-electron chi connectivity index (χ2n) is 3.37. The molecule has 0 aliphatic rings. The second-order valence-corrected chi connectivity index (χ2v) is 3.37. The van der Waals surface area contributed by atoms with Gasteiger partial charge in [0.15, 0.2) is 0 Å². The first-order chi connectivity index (χ1) is 6.63. The molecular weight excluding hydrogens is 178 g/mol. The lowest BCUT2D eigenvalue weighted by Crippen LogP contribution is -2.35. The number of likely N-dealkylation sites (N-methyl/N-ethyl adjacent to an activating group) is 1. The summed E-state index contributed by atoms with van der Waals surface area (Å²) < 4.78 is 0. The number of rotatable bonds is 4. The third-order valence-electron chi connectivity index (χ3n) is 2.17. The Balaban J connectivity index is 2.72. The van der Waals surface area contributed by atoms with Gasteiger partial charge < -0.3 is 10.4 Å². The molecule has 1 aromatic rings. The molecule has 0 aromatic heterocycles. The fourth-order valence-corrected chi connectivity index (χ4v) is 1.39. The molecule has 1 rings (SSSR count). The molecule has 76 valence electrons. The molecule has 0 heterocycles. The first-order valence-electron chi connectivity index (χ1n) is 4.59. The highest BCUT2D eigenvalue weighted by atomic mass is 16.4. The zero-order chi connectivity index (χ0) is 10.6. The van der Waals surface area contributed by atoms with Crippen LogP contribution < -0.4 is 5.32 Å². The van der Waals surface area contributed by atoms with Crippen LogP contribution in [0.25, 0.3) is 0 Å². The SMILES string of the molecule is CNC(Cc1cccc(C)c1)C(=O)O. The largest absolute Gasteiger partial charge is 0.480 e. The van der Waals surface area contributed by atoms with E-state index < -0.39 is 12.0 Å². The van der Waals surface area contributed by atoms with Gasteiger partial charge in [-0.05, 0) is 26.0 Å². The van der Waals surface area contributed by atoms with E-state index in [4.69, 9.17) is 5.11 Å². The maximum absolute atomic E-state index is 10.8. The van der Waals surface area contributed by atoms with E-state index in [9.17, 15) is 4.79 Å². The normalized spacial score (nSPS) is 12.4. The topological polar surface area (TPSA) is 49.3 Å². The molecule has 0 aliphatic heterocycles. The Hall–Kier alpha value is -1.35. The molecule has 0 bridgehead atoms. The van der Waals surface area contributed by atoms with E-state index >= 15 is 0 Å². The van der Waals surface area contributed by atoms with Crippen LogP contribution in [-0.2, 0) is 11.2 Å². The van der Waals surface area contributed by atoms with E-state index in [1.54, 1.807) is 7.05 Å². The van der Waals surface area contributed by atoms with Gasteiger partial charge in [0.05, 0.1) is 0 Å². The Morgan fingerprint density at radius 1 is 1.57 bits per heavy atom. The van der Waals surface area contributed by atoms with Gasteiger partial charge >= 0.3 is 5.97 Å². The summed E-state index contributed by atoms with van der Waals surface area (Å²) in [5.74, 6) is -0.811. The molecular formula is C11H15NO2. The van der Waals surface area contributed by atoms with Crippen molar-refractivity contribution in [1.82, 2.24) is 5.32 Å². The van der Waals surface area contributed by atoms with Crippen LogP contribution in [-0.4, -0.2) is 24.2 Å². The summed E-state index contributed by atoms with van der Waals surface area (Å²) in [6.07, 6.45) is 0.521. The van der Waals surface area contributed by atoms with Crippen molar-refractivity contribution in [2.45, 2.75) is 19.4 Å². The molecule has 1 aromatic carbocycles. The molecule has 0 fully saturated rings. The number of carboxylic acid groups (broad SMARTS) is 1. The van der Waals surface area contributed by atoms with Gasteiger partial charge in [-0.25, -0.2) is 0 Å². The lowest BCUT2D eigenvalue weighted by Gasteiger charge is -2.11. The molecule has 0 amide bonds. The van der Waals surface area contributed by atoms with E-state index in [0.717, 1.165) is 11.1 Å². The van der Waals surface area contributed by atoms with Crippen LogP contribution in [0.15, 0.2) is 24.3 Å². The van der Waals surface area contributed by atoms with E-state index in [2.05, 4.69) is 5.32 Å². The number of carbonyl (C=O) groups is 1. The quantitative estimate of drug-likeness (QED) is 0.755. The van der Waals surface area contributed by atoms with Gasteiger partial charge in [0.1, 0.15) is 6.04 Å². The van der Waals surface area contributed by atoms with E-state index in [1.165, 1.54) is 0 Å². The molecule has 0 spiro atoms. The number of carboxylic acids is 1. The molecule has 14 heavy (non-hydrogen) atoms. The number of hydrogen-bond acceptors (Lipinski definition) is 2. The van der Waals surface area contributed by atoms with Gasteiger partial charge in [-0.2, -0.15) is 0 Å². The highest BCUT2D eigenvalue weighted by Gasteiger charge is 2.14. The van der Waals surface area contributed by atoms with Crippen LogP contribution in [0.2, 0.25) is 0 Å². The van der Waals surface area contributed by atoms with Gasteiger partial charge in [0.2, 0.25) is 0 Å². The van der Waals surface area contributed by atoms with Crippen molar-refractivity contribution < 1.29 is 9.90 Å². The Morgan fingerprint density at radius 2 is 2.29 bits per heavy atom. The van der Waals surface area contributed by atoms with Crippen LogP contribution in [0.3, 0.4) is 0 Å². The number of nitrogens with one attached hydrogen (secondary N) is 1. The van der Waals surface area contributed by atoms with Gasteiger partial charge in [0, 0.05) is 0 Å². The number of hydrogen-bond donors (Lipinski definition) is 2. The molecule has 3 nitrogen and oxygen atoms in total. The highest BCUT2D eigenvalue weighted by Crippen LogP contribution is 2.06. The van der Waals surface area contributed by atoms with Crippen molar-refractivity contribution in [3.63, 3.8) is 0 Å². The van der Waals surface area contributed by atoms with Gasteiger partial charge in [-0.1, -0.05) is 29.8 Å². The van der Waals surface area contributed by atoms with Crippen molar-refractivity contribution >= 4 is 5.97 Å². The van der Waals surface area contributed by atoms with Crippen LogP contribution in [0.1, 0.15) is 11.1 Å². The zero-order valence-corrected chi connectivity index (χ0v) is 8.45. The molecule has 0 saturated heterocycles. The predicted molar refractivity (Wildman–Crippen MR) is 55.4 cm³/mol. The van der Waals surface area contributed by atoms with E-state index in [-0.39, 0.29) is 0 Å². The number of aliphatic carboxylic acids is 1.